The average Bonchev–Trinajstić information content (AvgIpc) is 0.826. The highest BCUT2D eigenvalue weighted by Gasteiger charge is 2.49. The first-order valence-electron chi connectivity index (χ1n) is 43.3. The van der Waals surface area contributed by atoms with Gasteiger partial charge in [-0.05, 0) is 145 Å². The largest absolute Gasteiger partial charge is 0.309 e. The number of anilines is 6. The molecule has 0 radical (unpaired) electrons. The van der Waals surface area contributed by atoms with Crippen molar-refractivity contribution < 1.29 is 21.9 Å². The summed E-state index contributed by atoms with van der Waals surface area (Å²) in [6.45, 7) is 12.4. The maximum atomic E-state index is 9.99. The van der Waals surface area contributed by atoms with E-state index in [2.05, 4.69) is 189 Å². The lowest BCUT2D eigenvalue weighted by Gasteiger charge is -2.46. The van der Waals surface area contributed by atoms with Gasteiger partial charge in [0.05, 0.1) is 83.3 Å². The highest BCUT2D eigenvalue weighted by atomic mass is 15.2. The zero-order chi connectivity index (χ0) is 83.4. The quantitative estimate of drug-likeness (QED) is 0.141. The number of hydrogen-bond donors (Lipinski definition) is 0. The van der Waals surface area contributed by atoms with E-state index in [1.165, 1.54) is 0 Å². The zero-order valence-electron chi connectivity index (χ0n) is 73.8. The van der Waals surface area contributed by atoms with Crippen LogP contribution in [0.25, 0.3) is 138 Å². The molecule has 6 heteroatoms. The van der Waals surface area contributed by atoms with Gasteiger partial charge in [0.2, 0.25) is 0 Å². The summed E-state index contributed by atoms with van der Waals surface area (Å²) in [4.78, 5) is 4.83. The summed E-state index contributed by atoms with van der Waals surface area (Å²) >= 11 is 0. The van der Waals surface area contributed by atoms with E-state index in [0.717, 1.165) is 133 Å². The van der Waals surface area contributed by atoms with Crippen LogP contribution in [0.5, 0.6) is 0 Å². The van der Waals surface area contributed by atoms with E-state index < -0.39 is 114 Å². The molecule has 104 heavy (non-hydrogen) atoms. The lowest BCUT2D eigenvalue weighted by Crippen LogP contribution is -2.61. The summed E-state index contributed by atoms with van der Waals surface area (Å²) in [7, 11) is 0. The van der Waals surface area contributed by atoms with Gasteiger partial charge in [0.1, 0.15) is 0 Å². The second kappa shape index (κ2) is 22.4. The maximum absolute atomic E-state index is 9.99. The molecule has 0 saturated heterocycles. The molecule has 0 atom stereocenters. The van der Waals surface area contributed by atoms with Crippen molar-refractivity contribution in [3.63, 3.8) is 0 Å². The third-order valence-electron chi connectivity index (χ3n) is 21.7. The van der Waals surface area contributed by atoms with Gasteiger partial charge in [-0.15, -0.1) is 0 Å². The van der Waals surface area contributed by atoms with Crippen molar-refractivity contribution in [3.8, 4) is 55.9 Å². The van der Waals surface area contributed by atoms with Gasteiger partial charge in [0, 0.05) is 88.1 Å². The number of hydrogen-bond acceptors (Lipinski definition) is 2. The molecule has 2 aliphatic heterocycles. The molecule has 0 bridgehead atoms. The van der Waals surface area contributed by atoms with Crippen molar-refractivity contribution in [2.75, 3.05) is 9.80 Å². The van der Waals surface area contributed by atoms with E-state index >= 15 is 0 Å². The fraction of sp³-hybridized carbons (Fsp3) is 0.0816. The van der Waals surface area contributed by atoms with Crippen molar-refractivity contribution in [2.24, 2.45) is 0 Å². The first-order valence-corrected chi connectivity index (χ1v) is 35.3. The van der Waals surface area contributed by atoms with Crippen LogP contribution in [-0.4, -0.2) is 20.2 Å². The van der Waals surface area contributed by atoms with Gasteiger partial charge in [-0.1, -0.05) is 284 Å². The third-order valence-corrected chi connectivity index (χ3v) is 21.7. The highest BCUT2D eigenvalue weighted by molar-refractivity contribution is 7.01. The smallest absolute Gasteiger partial charge is 0.252 e. The van der Waals surface area contributed by atoms with Crippen LogP contribution in [0.15, 0.2) is 327 Å². The number of fused-ring (bicyclic) bond motifs is 18. The molecule has 0 N–H and O–H groups in total. The molecule has 6 heterocycles. The van der Waals surface area contributed by atoms with E-state index in [1.54, 1.807) is 9.13 Å². The summed E-state index contributed by atoms with van der Waals surface area (Å²) in [5.74, 6) is 0. The number of nitrogens with zero attached hydrogens (tertiary/aromatic N) is 5. The Hall–Kier alpha value is -12.6. The van der Waals surface area contributed by atoms with Crippen molar-refractivity contribution in [3.05, 3.63) is 338 Å². The van der Waals surface area contributed by atoms with Gasteiger partial charge in [0.15, 0.2) is 0 Å². The Balaban J connectivity index is 1.04. The predicted molar refractivity (Wildman–Crippen MR) is 443 cm³/mol. The molecule has 0 aliphatic carbocycles. The van der Waals surface area contributed by atoms with E-state index in [1.807, 2.05) is 97.1 Å². The molecule has 21 rings (SSSR count). The molecule has 0 unspecified atom stereocenters. The monoisotopic (exact) mass is 1350 g/mol. The second-order valence-corrected chi connectivity index (χ2v) is 29.5. The standard InChI is InChI=1S/C98H72BN5/c1-97(2,3)65-55-75(61-31-11-7-12-32-61)92(76(56-65)62-33-13-8-14-34-62)103-87-59-67(100-81-45-25-19-39-69(81)70-40-20-26-46-82(70)100)51-53-79(87)99-80-54-52-68(101-83-47-27-21-41-71(83)72-42-22-28-48-84(72)101)60-88(80)104(93-77(63-35-15-9-16-36-63)57-66(98(4,5)6)58-78(93)64-37-17-10-18-38-64)96-90-74-44-24-30-50-86(74)102-85-49-29-23-43-73(85)89(94(90)102)95(103)91(96)99/h7-60H,1-6H3/i19D,20D,21D,22D,25D,26D,27D,28D,39D,40D,41D,42D,45D,46D,47D,48D. The Labute approximate surface area is 627 Å². The van der Waals surface area contributed by atoms with Crippen LogP contribution in [-0.2, 0) is 10.8 Å². The van der Waals surface area contributed by atoms with Crippen LogP contribution < -0.4 is 26.2 Å². The SMILES string of the molecule is [2H]c1c([2H])c([2H])c2c(c1[2H])c1c([2H])c([2H])c([2H])c([2H])c1n2-c1ccc2c(c1)N(c1c(-c3ccccc3)cc(C(C)(C)C)cc1-c1ccccc1)c1c3c(c4c5ccccc5n5c6ccccc6c1c45)N(c1c(-c4ccccc4)cc(C(C)(C)C)cc1-c1ccccc1)c1cc(-n4c5c([2H])c([2H])c([2H])c([2H])c5c5c([2H])c([2H])c([2H])c([2H])c54)ccc1B23. The van der Waals surface area contributed by atoms with Crippen molar-refractivity contribution in [1.82, 2.24) is 13.5 Å². The topological polar surface area (TPSA) is 20.8 Å². The number of para-hydroxylation sites is 6. The van der Waals surface area contributed by atoms with Crippen LogP contribution in [0.4, 0.5) is 34.1 Å². The molecule has 4 aromatic heterocycles. The normalized spacial score (nSPS) is 15.2. The lowest BCUT2D eigenvalue weighted by molar-refractivity contribution is 0.590. The molecule has 15 aromatic carbocycles. The van der Waals surface area contributed by atoms with Crippen LogP contribution in [0, 0.1) is 0 Å². The first-order chi connectivity index (χ1) is 57.6. The Bertz CT molecular complexity index is 7040. The number of benzene rings is 15. The van der Waals surface area contributed by atoms with Gasteiger partial charge in [-0.2, -0.15) is 0 Å². The Morgan fingerprint density at radius 3 is 0.933 bits per heavy atom. The molecule has 0 amide bonds. The molecular formula is C98H72BN5. The zero-order valence-corrected chi connectivity index (χ0v) is 57.8. The Kier molecular flexibility index (Phi) is 9.92. The van der Waals surface area contributed by atoms with Gasteiger partial charge in [-0.25, -0.2) is 0 Å². The maximum Gasteiger partial charge on any atom is 0.252 e. The van der Waals surface area contributed by atoms with E-state index in [4.69, 9.17) is 0 Å². The summed E-state index contributed by atoms with van der Waals surface area (Å²) in [6.07, 6.45) is 0. The minimum atomic E-state index is -0.838. The van der Waals surface area contributed by atoms with Crippen molar-refractivity contribution >= 4 is 139 Å². The lowest BCUT2D eigenvalue weighted by atomic mass is 9.33. The van der Waals surface area contributed by atoms with Crippen LogP contribution in [0.2, 0.25) is 0 Å². The van der Waals surface area contributed by atoms with E-state index in [0.29, 0.717) is 22.7 Å². The van der Waals surface area contributed by atoms with Gasteiger partial charge < -0.3 is 23.3 Å². The van der Waals surface area contributed by atoms with Gasteiger partial charge in [0.25, 0.3) is 6.71 Å². The van der Waals surface area contributed by atoms with Crippen molar-refractivity contribution in [1.29, 1.82) is 0 Å². The van der Waals surface area contributed by atoms with Gasteiger partial charge in [-0.3, -0.25) is 0 Å². The predicted octanol–water partition coefficient (Wildman–Crippen LogP) is 24.4. The summed E-state index contributed by atoms with van der Waals surface area (Å²) in [5, 5.41) is 3.32. The second-order valence-electron chi connectivity index (χ2n) is 29.5. The highest BCUT2D eigenvalue weighted by Crippen LogP contribution is 2.60. The van der Waals surface area contributed by atoms with Gasteiger partial charge >= 0.3 is 0 Å². The Morgan fingerprint density at radius 2 is 0.606 bits per heavy atom. The molecule has 5 nitrogen and oxygen atoms in total. The molecule has 0 saturated carbocycles. The van der Waals surface area contributed by atoms with Crippen LogP contribution >= 0.6 is 0 Å². The van der Waals surface area contributed by atoms with Crippen LogP contribution in [0.3, 0.4) is 0 Å². The fourth-order valence-corrected chi connectivity index (χ4v) is 17.1. The molecule has 2 aliphatic rings. The minimum absolute atomic E-state index is 0.0527. The third kappa shape index (κ3) is 8.69. The first kappa shape index (κ1) is 46.0. The number of rotatable bonds is 8. The summed E-state index contributed by atoms with van der Waals surface area (Å²) < 4.78 is 159. The van der Waals surface area contributed by atoms with E-state index in [-0.39, 0.29) is 43.6 Å². The molecule has 492 valence electrons. The minimum Gasteiger partial charge on any atom is -0.309 e. The Morgan fingerprint density at radius 1 is 0.298 bits per heavy atom. The summed E-state index contributed by atoms with van der Waals surface area (Å²) in [5.41, 5.74) is 17.9. The number of aromatic nitrogens is 3. The molecule has 19 aromatic rings. The van der Waals surface area contributed by atoms with Crippen LogP contribution in [0.1, 0.15) is 74.6 Å². The fourth-order valence-electron chi connectivity index (χ4n) is 17.1. The molecule has 0 fully saturated rings. The van der Waals surface area contributed by atoms with Crippen molar-refractivity contribution in [2.45, 2.75) is 52.4 Å². The molecular weight excluding hydrogens is 1260 g/mol. The van der Waals surface area contributed by atoms with E-state index in [9.17, 15) is 21.9 Å². The average molecular weight is 1350 g/mol. The molecule has 0 spiro atoms. The summed E-state index contributed by atoms with van der Waals surface area (Å²) in [6, 6.07) is 71.4.